The molecule has 9 heavy (non-hydrogen) atoms. The molecule has 0 aliphatic rings. The lowest BCUT2D eigenvalue weighted by Crippen LogP contribution is -1.87. The maximum atomic E-state index is 10.7. The largest absolute Gasteiger partial charge is 0.287 e. The summed E-state index contributed by atoms with van der Waals surface area (Å²) in [5, 5.41) is 0.291. The Bertz CT molecular complexity index is 81.0. The van der Waals surface area contributed by atoms with Crippen molar-refractivity contribution in [3.8, 4) is 0 Å². The van der Waals surface area contributed by atoms with Gasteiger partial charge in [-0.05, 0) is 12.8 Å². The minimum atomic E-state index is 0.291. The second-order valence-corrected chi connectivity index (χ2v) is 2.84. The standard InChI is InChI=1S/C7H13OS/c1-3-5-7(8)9-6-4-2/h6H,3-5H2,1-2H3. The van der Waals surface area contributed by atoms with E-state index in [0.717, 1.165) is 12.8 Å². The highest BCUT2D eigenvalue weighted by Crippen LogP contribution is 2.12. The van der Waals surface area contributed by atoms with Gasteiger partial charge in [0.05, 0.1) is 0 Å². The van der Waals surface area contributed by atoms with E-state index in [2.05, 4.69) is 0 Å². The smallest absolute Gasteiger partial charge is 0.189 e. The molecule has 0 saturated carbocycles. The molecule has 53 valence electrons. The Balaban J connectivity index is 3.06. The highest BCUT2D eigenvalue weighted by molar-refractivity contribution is 8.15. The molecule has 0 saturated heterocycles. The molecule has 0 aliphatic heterocycles. The summed E-state index contributed by atoms with van der Waals surface area (Å²) >= 11 is 1.34. The van der Waals surface area contributed by atoms with E-state index < -0.39 is 0 Å². The average molecular weight is 145 g/mol. The first kappa shape index (κ1) is 9.02. The van der Waals surface area contributed by atoms with Gasteiger partial charge in [0, 0.05) is 12.2 Å². The van der Waals surface area contributed by atoms with Crippen molar-refractivity contribution in [3.05, 3.63) is 5.75 Å². The van der Waals surface area contributed by atoms with Gasteiger partial charge in [-0.1, -0.05) is 25.6 Å². The lowest BCUT2D eigenvalue weighted by atomic mass is 10.4. The third-order valence-electron chi connectivity index (χ3n) is 0.836. The molecule has 0 rings (SSSR count). The Morgan fingerprint density at radius 3 is 2.67 bits per heavy atom. The van der Waals surface area contributed by atoms with E-state index in [-0.39, 0.29) is 0 Å². The second kappa shape index (κ2) is 6.14. The topological polar surface area (TPSA) is 17.1 Å². The summed E-state index contributed by atoms with van der Waals surface area (Å²) in [6.07, 6.45) is 2.64. The summed E-state index contributed by atoms with van der Waals surface area (Å²) in [5.41, 5.74) is 0. The van der Waals surface area contributed by atoms with Gasteiger partial charge in [0.1, 0.15) is 0 Å². The van der Waals surface area contributed by atoms with E-state index in [0.29, 0.717) is 11.5 Å². The van der Waals surface area contributed by atoms with E-state index in [4.69, 9.17) is 0 Å². The Kier molecular flexibility index (Phi) is 6.16. The number of carbonyl (C=O) groups is 1. The van der Waals surface area contributed by atoms with Gasteiger partial charge in [-0.3, -0.25) is 4.79 Å². The van der Waals surface area contributed by atoms with Crippen molar-refractivity contribution in [3.63, 3.8) is 0 Å². The fourth-order valence-corrected chi connectivity index (χ4v) is 1.11. The van der Waals surface area contributed by atoms with E-state index in [9.17, 15) is 4.79 Å². The van der Waals surface area contributed by atoms with Gasteiger partial charge in [-0.15, -0.1) is 0 Å². The molecule has 0 amide bonds. The molecule has 0 spiro atoms. The van der Waals surface area contributed by atoms with Crippen LogP contribution in [0.5, 0.6) is 0 Å². The summed E-state index contributed by atoms with van der Waals surface area (Å²) in [7, 11) is 0. The lowest BCUT2D eigenvalue weighted by Gasteiger charge is -1.93. The molecular weight excluding hydrogens is 132 g/mol. The number of hydrogen-bond donors (Lipinski definition) is 0. The predicted molar refractivity (Wildman–Crippen MR) is 42.1 cm³/mol. The van der Waals surface area contributed by atoms with Crippen molar-refractivity contribution in [2.75, 3.05) is 0 Å². The summed E-state index contributed by atoms with van der Waals surface area (Å²) in [4.78, 5) is 10.7. The maximum Gasteiger partial charge on any atom is 0.189 e. The normalized spacial score (nSPS) is 9.56. The maximum absolute atomic E-state index is 10.7. The monoisotopic (exact) mass is 145 g/mol. The van der Waals surface area contributed by atoms with Crippen LogP contribution < -0.4 is 0 Å². The Hall–Kier alpha value is 0.0200. The van der Waals surface area contributed by atoms with Crippen molar-refractivity contribution >= 4 is 16.9 Å². The number of rotatable bonds is 4. The van der Waals surface area contributed by atoms with Crippen LogP contribution in [-0.4, -0.2) is 5.12 Å². The van der Waals surface area contributed by atoms with Gasteiger partial charge in [-0.25, -0.2) is 0 Å². The van der Waals surface area contributed by atoms with Gasteiger partial charge in [0.25, 0.3) is 0 Å². The second-order valence-electron chi connectivity index (χ2n) is 1.81. The summed E-state index contributed by atoms with van der Waals surface area (Å²) in [5.74, 6) is 1.94. The van der Waals surface area contributed by atoms with Crippen molar-refractivity contribution in [2.24, 2.45) is 0 Å². The zero-order chi connectivity index (χ0) is 7.11. The Labute approximate surface area is 61.2 Å². The highest BCUT2D eigenvalue weighted by atomic mass is 32.2. The fraction of sp³-hybridized carbons (Fsp3) is 0.714. The van der Waals surface area contributed by atoms with E-state index >= 15 is 0 Å². The van der Waals surface area contributed by atoms with Crippen molar-refractivity contribution in [1.82, 2.24) is 0 Å². The molecule has 0 aromatic carbocycles. The molecule has 0 atom stereocenters. The fourth-order valence-electron chi connectivity index (χ4n) is 0.439. The molecule has 0 fully saturated rings. The molecular formula is C7H13OS. The van der Waals surface area contributed by atoms with Gasteiger partial charge in [-0.2, -0.15) is 0 Å². The molecule has 0 bridgehead atoms. The summed E-state index contributed by atoms with van der Waals surface area (Å²) < 4.78 is 0. The molecule has 1 nitrogen and oxygen atoms in total. The Morgan fingerprint density at radius 1 is 1.56 bits per heavy atom. The van der Waals surface area contributed by atoms with Crippen molar-refractivity contribution in [1.29, 1.82) is 0 Å². The van der Waals surface area contributed by atoms with Gasteiger partial charge in [0.2, 0.25) is 0 Å². The van der Waals surface area contributed by atoms with Crippen LogP contribution in [-0.2, 0) is 4.79 Å². The van der Waals surface area contributed by atoms with Crippen molar-refractivity contribution in [2.45, 2.75) is 33.1 Å². The van der Waals surface area contributed by atoms with Crippen LogP contribution in [0.4, 0.5) is 0 Å². The lowest BCUT2D eigenvalue weighted by molar-refractivity contribution is -0.110. The molecule has 0 aromatic heterocycles. The molecule has 0 aromatic rings. The highest BCUT2D eigenvalue weighted by Gasteiger charge is 1.97. The minimum Gasteiger partial charge on any atom is -0.287 e. The van der Waals surface area contributed by atoms with Crippen LogP contribution in [0.2, 0.25) is 0 Å². The van der Waals surface area contributed by atoms with Gasteiger partial charge in [0.15, 0.2) is 5.12 Å². The third kappa shape index (κ3) is 5.90. The summed E-state index contributed by atoms with van der Waals surface area (Å²) in [6.45, 7) is 4.05. The zero-order valence-corrected chi connectivity index (χ0v) is 6.83. The van der Waals surface area contributed by atoms with Gasteiger partial charge >= 0.3 is 0 Å². The van der Waals surface area contributed by atoms with Gasteiger partial charge < -0.3 is 0 Å². The Morgan fingerprint density at radius 2 is 2.22 bits per heavy atom. The SMILES string of the molecule is CC[CH]SC(=O)CCC. The third-order valence-corrected chi connectivity index (χ3v) is 1.80. The van der Waals surface area contributed by atoms with Crippen LogP contribution >= 0.6 is 11.8 Å². The number of hydrogen-bond acceptors (Lipinski definition) is 2. The van der Waals surface area contributed by atoms with Crippen LogP contribution in [0.25, 0.3) is 0 Å². The average Bonchev–Trinajstić information content (AvgIpc) is 1.85. The zero-order valence-electron chi connectivity index (χ0n) is 6.02. The molecule has 0 aliphatic carbocycles. The van der Waals surface area contributed by atoms with E-state index in [1.807, 2.05) is 19.6 Å². The first-order valence-electron chi connectivity index (χ1n) is 3.32. The first-order valence-corrected chi connectivity index (χ1v) is 4.20. The van der Waals surface area contributed by atoms with Crippen LogP contribution in [0.1, 0.15) is 33.1 Å². The molecule has 0 N–H and O–H groups in total. The molecule has 2 heteroatoms. The van der Waals surface area contributed by atoms with E-state index in [1.165, 1.54) is 11.8 Å². The van der Waals surface area contributed by atoms with Crippen LogP contribution in [0.15, 0.2) is 0 Å². The number of thioether (sulfide) groups is 1. The predicted octanol–water partition coefficient (Wildman–Crippen LogP) is 2.62. The minimum absolute atomic E-state index is 0.291. The molecule has 1 radical (unpaired) electrons. The quantitative estimate of drug-likeness (QED) is 0.605. The first-order chi connectivity index (χ1) is 4.31. The number of carbonyl (C=O) groups excluding carboxylic acids is 1. The molecule has 0 heterocycles. The van der Waals surface area contributed by atoms with E-state index in [1.54, 1.807) is 0 Å². The van der Waals surface area contributed by atoms with Crippen LogP contribution in [0.3, 0.4) is 0 Å². The van der Waals surface area contributed by atoms with Crippen LogP contribution in [0, 0.1) is 5.75 Å². The van der Waals surface area contributed by atoms with Crippen molar-refractivity contribution < 1.29 is 4.79 Å². The summed E-state index contributed by atoms with van der Waals surface area (Å²) in [6, 6.07) is 0. The molecule has 0 unspecified atom stereocenters.